The highest BCUT2D eigenvalue weighted by molar-refractivity contribution is 5.87. The number of nitrogens with zero attached hydrogens (tertiary/aromatic N) is 1. The number of halogens is 1. The molecule has 3 nitrogen and oxygen atoms in total. The van der Waals surface area contributed by atoms with Gasteiger partial charge in [0.25, 0.3) is 0 Å². The lowest BCUT2D eigenvalue weighted by atomic mass is 10.1. The van der Waals surface area contributed by atoms with Crippen molar-refractivity contribution in [1.82, 2.24) is 4.90 Å². The Balaban J connectivity index is 2.01. The maximum Gasteiger partial charge on any atom is 0.338 e. The van der Waals surface area contributed by atoms with Crippen molar-refractivity contribution in [3.63, 3.8) is 0 Å². The van der Waals surface area contributed by atoms with Gasteiger partial charge in [-0.1, -0.05) is 31.7 Å². The molecule has 0 unspecified atom stereocenters. The molecule has 0 spiro atoms. The van der Waals surface area contributed by atoms with Crippen molar-refractivity contribution in [3.8, 4) is 0 Å². The van der Waals surface area contributed by atoms with Gasteiger partial charge in [-0.3, -0.25) is 4.90 Å². The van der Waals surface area contributed by atoms with Crippen molar-refractivity contribution in [2.45, 2.75) is 51.1 Å². The minimum atomic E-state index is -1.22. The predicted molar refractivity (Wildman–Crippen MR) is 76.3 cm³/mol. The Morgan fingerprint density at radius 3 is 2.50 bits per heavy atom. The Hall–Kier alpha value is -1.42. The molecule has 4 heteroatoms. The molecule has 1 aromatic rings. The summed E-state index contributed by atoms with van der Waals surface area (Å²) in [6.45, 7) is 0.668. The third-order valence-corrected chi connectivity index (χ3v) is 4.14. The monoisotopic (exact) mass is 279 g/mol. The van der Waals surface area contributed by atoms with E-state index in [0.717, 1.165) is 5.56 Å². The molecule has 1 saturated carbocycles. The smallest absolute Gasteiger partial charge is 0.338 e. The third-order valence-electron chi connectivity index (χ3n) is 4.14. The zero-order chi connectivity index (χ0) is 14.5. The first-order valence-electron chi connectivity index (χ1n) is 7.30. The lowest BCUT2D eigenvalue weighted by molar-refractivity contribution is 0.0692. The van der Waals surface area contributed by atoms with Gasteiger partial charge in [-0.2, -0.15) is 0 Å². The maximum atomic E-state index is 13.7. The van der Waals surface area contributed by atoms with Crippen molar-refractivity contribution >= 4 is 5.97 Å². The molecule has 0 aromatic heterocycles. The SMILES string of the molecule is CN(Cc1ccc(C(=O)O)c(F)c1)C1CCCCCC1. The van der Waals surface area contributed by atoms with Crippen molar-refractivity contribution in [2.24, 2.45) is 0 Å². The fourth-order valence-electron chi connectivity index (χ4n) is 2.95. The van der Waals surface area contributed by atoms with Gasteiger partial charge in [0, 0.05) is 12.6 Å². The summed E-state index contributed by atoms with van der Waals surface area (Å²) in [6.07, 6.45) is 7.56. The summed E-state index contributed by atoms with van der Waals surface area (Å²) in [5.41, 5.74) is 0.574. The van der Waals surface area contributed by atoms with Crippen LogP contribution >= 0.6 is 0 Å². The second-order valence-electron chi connectivity index (χ2n) is 5.68. The van der Waals surface area contributed by atoms with E-state index >= 15 is 0 Å². The summed E-state index contributed by atoms with van der Waals surface area (Å²) < 4.78 is 13.7. The molecule has 1 N–H and O–H groups in total. The van der Waals surface area contributed by atoms with E-state index in [4.69, 9.17) is 5.11 Å². The van der Waals surface area contributed by atoms with Gasteiger partial charge in [-0.15, -0.1) is 0 Å². The molecular weight excluding hydrogens is 257 g/mol. The molecule has 110 valence electrons. The summed E-state index contributed by atoms with van der Waals surface area (Å²) in [5.74, 6) is -1.87. The Labute approximate surface area is 119 Å². The van der Waals surface area contributed by atoms with Gasteiger partial charge in [-0.25, -0.2) is 9.18 Å². The second kappa shape index (κ2) is 6.84. The number of rotatable bonds is 4. The summed E-state index contributed by atoms with van der Waals surface area (Å²) in [6, 6.07) is 4.96. The van der Waals surface area contributed by atoms with E-state index in [1.807, 2.05) is 0 Å². The second-order valence-corrected chi connectivity index (χ2v) is 5.68. The van der Waals surface area contributed by atoms with Crippen LogP contribution in [0.25, 0.3) is 0 Å². The minimum absolute atomic E-state index is 0.258. The first-order valence-corrected chi connectivity index (χ1v) is 7.30. The van der Waals surface area contributed by atoms with Crippen LogP contribution in [-0.2, 0) is 6.54 Å². The van der Waals surface area contributed by atoms with Gasteiger partial charge in [0.1, 0.15) is 5.82 Å². The highest BCUT2D eigenvalue weighted by Crippen LogP contribution is 2.22. The van der Waals surface area contributed by atoms with Crippen LogP contribution in [0.15, 0.2) is 18.2 Å². The molecule has 0 bridgehead atoms. The lowest BCUT2D eigenvalue weighted by Crippen LogP contribution is -2.30. The molecule has 1 aromatic carbocycles. The quantitative estimate of drug-likeness (QED) is 0.855. The van der Waals surface area contributed by atoms with Crippen molar-refractivity contribution in [3.05, 3.63) is 35.1 Å². The molecule has 0 aliphatic heterocycles. The van der Waals surface area contributed by atoms with Crippen molar-refractivity contribution in [1.29, 1.82) is 0 Å². The lowest BCUT2D eigenvalue weighted by Gasteiger charge is -2.27. The molecule has 0 saturated heterocycles. The Morgan fingerprint density at radius 2 is 1.95 bits per heavy atom. The number of carboxylic acids is 1. The molecule has 0 radical (unpaired) electrons. The summed E-state index contributed by atoms with van der Waals surface area (Å²) in [4.78, 5) is 13.1. The standard InChI is InChI=1S/C16H22FNO2/c1-18(13-6-4-2-3-5-7-13)11-12-8-9-14(16(19)20)15(17)10-12/h8-10,13H,2-7,11H2,1H3,(H,19,20). The Bertz CT molecular complexity index is 468. The maximum absolute atomic E-state index is 13.7. The fraction of sp³-hybridized carbons (Fsp3) is 0.562. The van der Waals surface area contributed by atoms with Gasteiger partial charge in [0.05, 0.1) is 5.56 Å². The predicted octanol–water partition coefficient (Wildman–Crippen LogP) is 3.68. The number of carboxylic acid groups (broad SMARTS) is 1. The van der Waals surface area contributed by atoms with Gasteiger partial charge >= 0.3 is 5.97 Å². The molecule has 2 rings (SSSR count). The zero-order valence-corrected chi connectivity index (χ0v) is 11.9. The van der Waals surface area contributed by atoms with Crippen LogP contribution in [0.4, 0.5) is 4.39 Å². The van der Waals surface area contributed by atoms with Crippen LogP contribution in [0.2, 0.25) is 0 Å². The van der Waals surface area contributed by atoms with Crippen molar-refractivity contribution < 1.29 is 14.3 Å². The molecule has 0 atom stereocenters. The van der Waals surface area contributed by atoms with Crippen LogP contribution in [0.1, 0.15) is 54.4 Å². The van der Waals surface area contributed by atoms with Gasteiger partial charge in [-0.05, 0) is 37.6 Å². The summed E-state index contributed by atoms with van der Waals surface area (Å²) in [5, 5.41) is 8.82. The van der Waals surface area contributed by atoms with Crippen LogP contribution in [-0.4, -0.2) is 29.1 Å². The molecule has 1 fully saturated rings. The first kappa shape index (κ1) is 15.0. The Morgan fingerprint density at radius 1 is 1.30 bits per heavy atom. The van der Waals surface area contributed by atoms with E-state index in [1.54, 1.807) is 6.07 Å². The van der Waals surface area contributed by atoms with E-state index in [2.05, 4.69) is 11.9 Å². The average molecular weight is 279 g/mol. The van der Waals surface area contributed by atoms with E-state index in [9.17, 15) is 9.18 Å². The molecule has 0 amide bonds. The number of aromatic carboxylic acids is 1. The summed E-state index contributed by atoms with van der Waals surface area (Å²) in [7, 11) is 2.07. The van der Waals surface area contributed by atoms with E-state index in [-0.39, 0.29) is 5.56 Å². The van der Waals surface area contributed by atoms with E-state index in [1.165, 1.54) is 50.7 Å². The van der Waals surface area contributed by atoms with Gasteiger partial charge in [0.2, 0.25) is 0 Å². The van der Waals surface area contributed by atoms with Crippen molar-refractivity contribution in [2.75, 3.05) is 7.05 Å². The number of hydrogen-bond donors (Lipinski definition) is 1. The molecule has 0 heterocycles. The summed E-state index contributed by atoms with van der Waals surface area (Å²) >= 11 is 0. The average Bonchev–Trinajstić information content (AvgIpc) is 2.67. The topological polar surface area (TPSA) is 40.5 Å². The van der Waals surface area contributed by atoms with E-state index in [0.29, 0.717) is 12.6 Å². The molecule has 1 aliphatic carbocycles. The number of benzene rings is 1. The number of hydrogen-bond acceptors (Lipinski definition) is 2. The highest BCUT2D eigenvalue weighted by atomic mass is 19.1. The minimum Gasteiger partial charge on any atom is -0.478 e. The van der Waals surface area contributed by atoms with E-state index < -0.39 is 11.8 Å². The van der Waals surface area contributed by atoms with Gasteiger partial charge < -0.3 is 5.11 Å². The molecule has 20 heavy (non-hydrogen) atoms. The molecular formula is C16H22FNO2. The van der Waals surface area contributed by atoms with Gasteiger partial charge in [0.15, 0.2) is 0 Å². The van der Waals surface area contributed by atoms with Crippen LogP contribution < -0.4 is 0 Å². The fourth-order valence-corrected chi connectivity index (χ4v) is 2.95. The zero-order valence-electron chi connectivity index (χ0n) is 11.9. The third kappa shape index (κ3) is 3.79. The van der Waals surface area contributed by atoms with Crippen LogP contribution in [0, 0.1) is 5.82 Å². The highest BCUT2D eigenvalue weighted by Gasteiger charge is 2.18. The number of carbonyl (C=O) groups is 1. The largest absolute Gasteiger partial charge is 0.478 e. The van der Waals surface area contributed by atoms with Crippen LogP contribution in [0.3, 0.4) is 0 Å². The first-order chi connectivity index (χ1) is 9.58. The van der Waals surface area contributed by atoms with Crippen LogP contribution in [0.5, 0.6) is 0 Å². The molecule has 1 aliphatic rings. The normalized spacial score (nSPS) is 17.1. The Kier molecular flexibility index (Phi) is 5.12.